The summed E-state index contributed by atoms with van der Waals surface area (Å²) in [5.41, 5.74) is 0. The van der Waals surface area contributed by atoms with Crippen LogP contribution in [0.4, 0.5) is 0 Å². The Morgan fingerprint density at radius 3 is 1.78 bits per heavy atom. The van der Waals surface area contributed by atoms with E-state index in [1.165, 1.54) is 25.9 Å². The summed E-state index contributed by atoms with van der Waals surface area (Å²) in [6.45, 7) is 6.90. The quantitative estimate of drug-likeness (QED) is 0.549. The molecule has 0 saturated carbocycles. The first-order chi connectivity index (χ1) is 4.35. The zero-order chi connectivity index (χ0) is 7.11. The number of hydrogen-bond acceptors (Lipinski definition) is 2. The van der Waals surface area contributed by atoms with Crippen molar-refractivity contribution in [2.75, 3.05) is 19.3 Å². The lowest BCUT2D eigenvalue weighted by Gasteiger charge is -2.16. The summed E-state index contributed by atoms with van der Waals surface area (Å²) in [5, 5.41) is 0. The molecule has 0 radical (unpaired) electrons. The van der Waals surface area contributed by atoms with Crippen LogP contribution in [0.1, 0.15) is 26.7 Å². The molecule has 0 aromatic carbocycles. The minimum atomic E-state index is 1.23. The highest BCUT2D eigenvalue weighted by Gasteiger charge is 1.96. The van der Waals surface area contributed by atoms with Crippen molar-refractivity contribution in [1.29, 1.82) is 0 Å². The van der Waals surface area contributed by atoms with E-state index in [9.17, 15) is 0 Å². The SMILES string of the molecule is CCCN(CCC)SC. The zero-order valence-corrected chi connectivity index (χ0v) is 7.50. The zero-order valence-electron chi connectivity index (χ0n) is 6.68. The highest BCUT2D eigenvalue weighted by Crippen LogP contribution is 2.05. The lowest BCUT2D eigenvalue weighted by Crippen LogP contribution is -2.16. The highest BCUT2D eigenvalue weighted by atomic mass is 32.2. The topological polar surface area (TPSA) is 3.24 Å². The van der Waals surface area contributed by atoms with E-state index >= 15 is 0 Å². The van der Waals surface area contributed by atoms with Gasteiger partial charge < -0.3 is 0 Å². The third kappa shape index (κ3) is 4.79. The van der Waals surface area contributed by atoms with Crippen LogP contribution >= 0.6 is 11.9 Å². The Hall–Kier alpha value is 0.310. The minimum Gasteiger partial charge on any atom is -0.251 e. The lowest BCUT2D eigenvalue weighted by atomic mass is 10.4. The van der Waals surface area contributed by atoms with Crippen LogP contribution < -0.4 is 0 Å². The average molecular weight is 147 g/mol. The molecular formula is C7H17NS. The third-order valence-electron chi connectivity index (χ3n) is 1.20. The van der Waals surface area contributed by atoms with E-state index in [1.54, 1.807) is 0 Å². The molecule has 0 bridgehead atoms. The molecule has 0 heterocycles. The molecule has 0 rings (SSSR count). The second-order valence-corrected chi connectivity index (χ2v) is 2.99. The predicted molar refractivity (Wildman–Crippen MR) is 45.7 cm³/mol. The molecule has 0 atom stereocenters. The van der Waals surface area contributed by atoms with Crippen molar-refractivity contribution in [3.8, 4) is 0 Å². The Kier molecular flexibility index (Phi) is 6.65. The van der Waals surface area contributed by atoms with Gasteiger partial charge in [0.2, 0.25) is 0 Å². The average Bonchev–Trinajstić information content (AvgIpc) is 1.88. The van der Waals surface area contributed by atoms with Gasteiger partial charge in [0.25, 0.3) is 0 Å². The normalized spacial score (nSPS) is 10.7. The van der Waals surface area contributed by atoms with Gasteiger partial charge in [-0.15, -0.1) is 0 Å². The summed E-state index contributed by atoms with van der Waals surface area (Å²) in [6.07, 6.45) is 4.67. The predicted octanol–water partition coefficient (Wildman–Crippen LogP) is 2.39. The molecule has 2 heteroatoms. The Morgan fingerprint density at radius 1 is 1.11 bits per heavy atom. The summed E-state index contributed by atoms with van der Waals surface area (Å²) >= 11 is 1.85. The van der Waals surface area contributed by atoms with Gasteiger partial charge in [-0.25, -0.2) is 0 Å². The van der Waals surface area contributed by atoms with Crippen molar-refractivity contribution in [2.24, 2.45) is 0 Å². The molecule has 56 valence electrons. The largest absolute Gasteiger partial charge is 0.251 e. The molecule has 0 fully saturated rings. The molecule has 0 unspecified atom stereocenters. The number of hydrogen-bond donors (Lipinski definition) is 0. The summed E-state index contributed by atoms with van der Waals surface area (Å²) < 4.78 is 2.40. The fourth-order valence-corrected chi connectivity index (χ4v) is 1.52. The molecule has 0 aliphatic rings. The van der Waals surface area contributed by atoms with Crippen LogP contribution in [0.5, 0.6) is 0 Å². The van der Waals surface area contributed by atoms with Gasteiger partial charge in [-0.3, -0.25) is 4.31 Å². The van der Waals surface area contributed by atoms with E-state index in [-0.39, 0.29) is 0 Å². The summed E-state index contributed by atoms with van der Waals surface area (Å²) in [4.78, 5) is 0. The Balaban J connectivity index is 3.18. The standard InChI is InChI=1S/C7H17NS/c1-4-6-8(9-3)7-5-2/h4-7H2,1-3H3. The first-order valence-corrected chi connectivity index (χ1v) is 4.82. The summed E-state index contributed by atoms with van der Waals surface area (Å²) in [5.74, 6) is 0. The maximum Gasteiger partial charge on any atom is 0.00866 e. The monoisotopic (exact) mass is 147 g/mol. The van der Waals surface area contributed by atoms with Crippen molar-refractivity contribution in [2.45, 2.75) is 26.7 Å². The van der Waals surface area contributed by atoms with Gasteiger partial charge in [-0.1, -0.05) is 25.8 Å². The lowest BCUT2D eigenvalue weighted by molar-refractivity contribution is 0.469. The second-order valence-electron chi connectivity index (χ2n) is 2.11. The molecule has 0 aromatic heterocycles. The fourth-order valence-electron chi connectivity index (χ4n) is 0.793. The number of nitrogens with zero attached hydrogens (tertiary/aromatic N) is 1. The van der Waals surface area contributed by atoms with Crippen molar-refractivity contribution in [3.05, 3.63) is 0 Å². The highest BCUT2D eigenvalue weighted by molar-refractivity contribution is 7.96. The van der Waals surface area contributed by atoms with Crippen LogP contribution in [0.2, 0.25) is 0 Å². The third-order valence-corrected chi connectivity index (χ3v) is 2.09. The first kappa shape index (κ1) is 9.31. The van der Waals surface area contributed by atoms with Crippen molar-refractivity contribution < 1.29 is 0 Å². The molecular weight excluding hydrogens is 130 g/mol. The maximum absolute atomic E-state index is 2.40. The molecule has 0 aliphatic heterocycles. The number of rotatable bonds is 5. The molecule has 0 amide bonds. The van der Waals surface area contributed by atoms with E-state index in [0.29, 0.717) is 0 Å². The van der Waals surface area contributed by atoms with Gasteiger partial charge in [-0.2, -0.15) is 0 Å². The van der Waals surface area contributed by atoms with Crippen LogP contribution in [-0.4, -0.2) is 23.7 Å². The van der Waals surface area contributed by atoms with Gasteiger partial charge in [-0.05, 0) is 19.1 Å². The Bertz CT molecular complexity index is 50.9. The van der Waals surface area contributed by atoms with E-state index in [2.05, 4.69) is 24.4 Å². The van der Waals surface area contributed by atoms with Gasteiger partial charge in [0.15, 0.2) is 0 Å². The van der Waals surface area contributed by atoms with Gasteiger partial charge in [0.05, 0.1) is 0 Å². The first-order valence-electron chi connectivity index (χ1n) is 3.64. The van der Waals surface area contributed by atoms with E-state index in [4.69, 9.17) is 0 Å². The smallest absolute Gasteiger partial charge is 0.00866 e. The van der Waals surface area contributed by atoms with Gasteiger partial charge in [0.1, 0.15) is 0 Å². The summed E-state index contributed by atoms with van der Waals surface area (Å²) in [6, 6.07) is 0. The summed E-state index contributed by atoms with van der Waals surface area (Å²) in [7, 11) is 0. The van der Waals surface area contributed by atoms with Crippen LogP contribution in [0.25, 0.3) is 0 Å². The van der Waals surface area contributed by atoms with E-state index in [0.717, 1.165) is 0 Å². The molecule has 9 heavy (non-hydrogen) atoms. The molecule has 0 N–H and O–H groups in total. The minimum absolute atomic E-state index is 1.23. The van der Waals surface area contributed by atoms with Crippen LogP contribution in [0.3, 0.4) is 0 Å². The molecule has 1 nitrogen and oxygen atoms in total. The van der Waals surface area contributed by atoms with Crippen LogP contribution in [0, 0.1) is 0 Å². The van der Waals surface area contributed by atoms with Crippen molar-refractivity contribution >= 4 is 11.9 Å². The molecule has 0 aromatic rings. The van der Waals surface area contributed by atoms with Crippen LogP contribution in [0.15, 0.2) is 0 Å². The molecule has 0 spiro atoms. The molecule has 0 saturated heterocycles. The second kappa shape index (κ2) is 6.43. The van der Waals surface area contributed by atoms with Crippen molar-refractivity contribution in [1.82, 2.24) is 4.31 Å². The maximum atomic E-state index is 2.40. The van der Waals surface area contributed by atoms with Crippen molar-refractivity contribution in [3.63, 3.8) is 0 Å². The fraction of sp³-hybridized carbons (Fsp3) is 1.00. The Morgan fingerprint density at radius 2 is 1.56 bits per heavy atom. The van der Waals surface area contributed by atoms with Crippen LogP contribution in [-0.2, 0) is 0 Å². The van der Waals surface area contributed by atoms with E-state index < -0.39 is 0 Å². The Labute approximate surface area is 62.9 Å². The molecule has 0 aliphatic carbocycles. The van der Waals surface area contributed by atoms with Gasteiger partial charge >= 0.3 is 0 Å². The van der Waals surface area contributed by atoms with Gasteiger partial charge in [0, 0.05) is 13.1 Å². The van der Waals surface area contributed by atoms with E-state index in [1.807, 2.05) is 11.9 Å².